The van der Waals surface area contributed by atoms with Crippen molar-refractivity contribution in [3.8, 4) is 0 Å². The van der Waals surface area contributed by atoms with Crippen LogP contribution in [-0.2, 0) is 14.3 Å². The van der Waals surface area contributed by atoms with Crippen molar-refractivity contribution in [2.45, 2.75) is 38.8 Å². The number of nitrogens with two attached hydrogens (primary N) is 1. The highest BCUT2D eigenvalue weighted by Crippen LogP contribution is 2.08. The first-order valence-corrected chi connectivity index (χ1v) is 5.71. The number of rotatable bonds is 8. The summed E-state index contributed by atoms with van der Waals surface area (Å²) in [5.74, 6) is -1.62. The molecule has 2 unspecified atom stereocenters. The highest BCUT2D eigenvalue weighted by atomic mass is 16.5. The van der Waals surface area contributed by atoms with Crippen LogP contribution in [0.5, 0.6) is 0 Å². The first-order chi connectivity index (χ1) is 7.93. The van der Waals surface area contributed by atoms with E-state index in [4.69, 9.17) is 15.6 Å². The number of amides is 1. The second-order valence-corrected chi connectivity index (χ2v) is 4.10. The average Bonchev–Trinajstić information content (AvgIpc) is 2.31. The summed E-state index contributed by atoms with van der Waals surface area (Å²) < 4.78 is 4.81. The molecular weight excluding hydrogens is 224 g/mol. The van der Waals surface area contributed by atoms with E-state index in [9.17, 15) is 9.59 Å². The third-order valence-corrected chi connectivity index (χ3v) is 2.75. The maximum absolute atomic E-state index is 11.6. The van der Waals surface area contributed by atoms with Crippen molar-refractivity contribution in [3.05, 3.63) is 0 Å². The van der Waals surface area contributed by atoms with E-state index in [-0.39, 0.29) is 5.92 Å². The molecule has 0 aliphatic heterocycles. The lowest BCUT2D eigenvalue weighted by Gasteiger charge is -2.22. The number of carboxylic acid groups (broad SMARTS) is 1. The van der Waals surface area contributed by atoms with Crippen molar-refractivity contribution in [2.75, 3.05) is 13.7 Å². The maximum atomic E-state index is 11.6. The molecule has 4 N–H and O–H groups in total. The number of ether oxygens (including phenoxy) is 1. The van der Waals surface area contributed by atoms with Crippen LogP contribution in [0.2, 0.25) is 0 Å². The maximum Gasteiger partial charge on any atom is 0.326 e. The molecule has 0 fully saturated rings. The monoisotopic (exact) mass is 246 g/mol. The van der Waals surface area contributed by atoms with Gasteiger partial charge in [0.2, 0.25) is 5.91 Å². The summed E-state index contributed by atoms with van der Waals surface area (Å²) in [5.41, 5.74) is 5.61. The molecule has 0 spiro atoms. The van der Waals surface area contributed by atoms with E-state index >= 15 is 0 Å². The molecule has 1 amide bonds. The molecule has 100 valence electrons. The SMILES string of the molecule is CCC(C)[C@H](NC(=O)C(N)CCOC)C(=O)O. The van der Waals surface area contributed by atoms with Crippen LogP contribution >= 0.6 is 0 Å². The van der Waals surface area contributed by atoms with Crippen molar-refractivity contribution < 1.29 is 19.4 Å². The molecule has 6 heteroatoms. The standard InChI is InChI=1S/C11H22N2O4/c1-4-7(2)9(11(15)16)13-10(14)8(12)5-6-17-3/h7-9H,4-6,12H2,1-3H3,(H,13,14)(H,15,16)/t7?,8?,9-/m0/s1. The Morgan fingerprint density at radius 2 is 2.06 bits per heavy atom. The van der Waals surface area contributed by atoms with E-state index in [2.05, 4.69) is 5.32 Å². The minimum Gasteiger partial charge on any atom is -0.480 e. The molecule has 0 radical (unpaired) electrons. The number of carbonyl (C=O) groups is 2. The highest BCUT2D eigenvalue weighted by Gasteiger charge is 2.27. The van der Waals surface area contributed by atoms with Gasteiger partial charge in [0, 0.05) is 13.7 Å². The Bertz CT molecular complexity index is 258. The van der Waals surface area contributed by atoms with Gasteiger partial charge in [-0.05, 0) is 12.3 Å². The van der Waals surface area contributed by atoms with Crippen LogP contribution in [0.4, 0.5) is 0 Å². The lowest BCUT2D eigenvalue weighted by atomic mass is 9.99. The third kappa shape index (κ3) is 5.65. The van der Waals surface area contributed by atoms with Gasteiger partial charge in [0.25, 0.3) is 0 Å². The van der Waals surface area contributed by atoms with Gasteiger partial charge in [-0.2, -0.15) is 0 Å². The minimum atomic E-state index is -1.04. The molecule has 0 aliphatic rings. The lowest BCUT2D eigenvalue weighted by molar-refractivity contribution is -0.143. The summed E-state index contributed by atoms with van der Waals surface area (Å²) in [5, 5.41) is 11.5. The van der Waals surface area contributed by atoms with E-state index in [1.165, 1.54) is 7.11 Å². The van der Waals surface area contributed by atoms with Crippen LogP contribution in [0.1, 0.15) is 26.7 Å². The zero-order valence-electron chi connectivity index (χ0n) is 10.6. The fraction of sp³-hybridized carbons (Fsp3) is 0.818. The zero-order chi connectivity index (χ0) is 13.4. The Labute approximate surface area is 102 Å². The van der Waals surface area contributed by atoms with E-state index in [1.54, 1.807) is 6.92 Å². The Morgan fingerprint density at radius 3 is 2.47 bits per heavy atom. The van der Waals surface area contributed by atoms with Gasteiger partial charge in [0.1, 0.15) is 6.04 Å². The molecule has 0 saturated carbocycles. The van der Waals surface area contributed by atoms with Gasteiger partial charge in [0.05, 0.1) is 6.04 Å². The summed E-state index contributed by atoms with van der Waals surface area (Å²) in [6.07, 6.45) is 1.04. The molecule has 0 aromatic carbocycles. The van der Waals surface area contributed by atoms with E-state index in [0.717, 1.165) is 0 Å². The molecule has 0 aromatic heterocycles. The number of aliphatic carboxylic acids is 1. The third-order valence-electron chi connectivity index (χ3n) is 2.75. The van der Waals surface area contributed by atoms with E-state index < -0.39 is 24.0 Å². The average molecular weight is 246 g/mol. The molecule has 0 saturated heterocycles. The van der Waals surface area contributed by atoms with Gasteiger partial charge in [-0.1, -0.05) is 20.3 Å². The fourth-order valence-corrected chi connectivity index (χ4v) is 1.32. The lowest BCUT2D eigenvalue weighted by Crippen LogP contribution is -2.51. The van der Waals surface area contributed by atoms with Gasteiger partial charge in [-0.3, -0.25) is 4.79 Å². The molecule has 17 heavy (non-hydrogen) atoms. The molecular formula is C11H22N2O4. The number of carbonyl (C=O) groups excluding carboxylic acids is 1. The minimum absolute atomic E-state index is 0.133. The Balaban J connectivity index is 4.35. The van der Waals surface area contributed by atoms with Crippen molar-refractivity contribution in [1.82, 2.24) is 5.32 Å². The van der Waals surface area contributed by atoms with Crippen molar-refractivity contribution in [2.24, 2.45) is 11.7 Å². The van der Waals surface area contributed by atoms with Crippen molar-refractivity contribution in [1.29, 1.82) is 0 Å². The molecule has 0 aliphatic carbocycles. The summed E-state index contributed by atoms with van der Waals surface area (Å²) >= 11 is 0. The van der Waals surface area contributed by atoms with Crippen LogP contribution in [0.25, 0.3) is 0 Å². The second-order valence-electron chi connectivity index (χ2n) is 4.10. The van der Waals surface area contributed by atoms with Gasteiger partial charge < -0.3 is 20.9 Å². The number of methoxy groups -OCH3 is 1. The summed E-state index contributed by atoms with van der Waals surface area (Å²) in [6, 6.07) is -1.62. The van der Waals surface area contributed by atoms with E-state index in [1.807, 2.05) is 6.92 Å². The van der Waals surface area contributed by atoms with Crippen molar-refractivity contribution >= 4 is 11.9 Å². The zero-order valence-corrected chi connectivity index (χ0v) is 10.6. The van der Waals surface area contributed by atoms with Gasteiger partial charge in [-0.25, -0.2) is 4.79 Å². The van der Waals surface area contributed by atoms with Crippen LogP contribution in [0, 0.1) is 5.92 Å². The number of hydrogen-bond donors (Lipinski definition) is 3. The van der Waals surface area contributed by atoms with Crippen molar-refractivity contribution in [3.63, 3.8) is 0 Å². The first kappa shape index (κ1) is 15.9. The van der Waals surface area contributed by atoms with Gasteiger partial charge in [-0.15, -0.1) is 0 Å². The number of carboxylic acids is 1. The molecule has 0 heterocycles. The quantitative estimate of drug-likeness (QED) is 0.558. The highest BCUT2D eigenvalue weighted by molar-refractivity contribution is 5.86. The molecule has 0 aromatic rings. The Kier molecular flexibility index (Phi) is 7.49. The summed E-state index contributed by atoms with van der Waals surface area (Å²) in [4.78, 5) is 22.6. The second kappa shape index (κ2) is 8.03. The summed E-state index contributed by atoms with van der Waals surface area (Å²) in [7, 11) is 1.52. The fourth-order valence-electron chi connectivity index (χ4n) is 1.32. The molecule has 0 rings (SSSR count). The Hall–Kier alpha value is -1.14. The van der Waals surface area contributed by atoms with E-state index in [0.29, 0.717) is 19.4 Å². The Morgan fingerprint density at radius 1 is 1.47 bits per heavy atom. The number of nitrogens with one attached hydrogen (secondary N) is 1. The normalized spacial score (nSPS) is 16.0. The topological polar surface area (TPSA) is 102 Å². The first-order valence-electron chi connectivity index (χ1n) is 5.71. The number of hydrogen-bond acceptors (Lipinski definition) is 4. The van der Waals surface area contributed by atoms with Crippen LogP contribution < -0.4 is 11.1 Å². The smallest absolute Gasteiger partial charge is 0.326 e. The van der Waals surface area contributed by atoms with Gasteiger partial charge >= 0.3 is 5.97 Å². The molecule has 3 atom stereocenters. The van der Waals surface area contributed by atoms with Crippen LogP contribution in [0.3, 0.4) is 0 Å². The predicted octanol–water partition coefficient (Wildman–Crippen LogP) is -0.0343. The molecule has 0 bridgehead atoms. The summed E-state index contributed by atoms with van der Waals surface area (Å²) in [6.45, 7) is 4.02. The largest absolute Gasteiger partial charge is 0.480 e. The predicted molar refractivity (Wildman–Crippen MR) is 63.5 cm³/mol. The van der Waals surface area contributed by atoms with Crippen LogP contribution in [-0.4, -0.2) is 42.8 Å². The molecule has 6 nitrogen and oxygen atoms in total. The van der Waals surface area contributed by atoms with Gasteiger partial charge in [0.15, 0.2) is 0 Å². The van der Waals surface area contributed by atoms with Crippen LogP contribution in [0.15, 0.2) is 0 Å².